The molecule has 6 nitrogen and oxygen atoms in total. The van der Waals surface area contributed by atoms with Crippen molar-refractivity contribution in [2.75, 3.05) is 11.1 Å². The van der Waals surface area contributed by atoms with Crippen LogP contribution in [0.2, 0.25) is 0 Å². The lowest BCUT2D eigenvalue weighted by Gasteiger charge is -2.04. The number of aryl methyl sites for hydroxylation is 2. The van der Waals surface area contributed by atoms with Crippen LogP contribution in [-0.4, -0.2) is 21.9 Å². The normalized spacial score (nSPS) is 10.5. The van der Waals surface area contributed by atoms with Gasteiger partial charge in [-0.3, -0.25) is 4.79 Å². The zero-order valence-corrected chi connectivity index (χ0v) is 15.4. The first kappa shape index (κ1) is 18.0. The van der Waals surface area contributed by atoms with Crippen molar-refractivity contribution in [1.82, 2.24) is 10.2 Å². The highest BCUT2D eigenvalue weighted by Crippen LogP contribution is 2.18. The van der Waals surface area contributed by atoms with E-state index in [2.05, 4.69) is 15.5 Å². The predicted octanol–water partition coefficient (Wildman–Crippen LogP) is 4.00. The van der Waals surface area contributed by atoms with Crippen LogP contribution in [0.5, 0.6) is 5.75 Å². The lowest BCUT2D eigenvalue weighted by Crippen LogP contribution is -2.13. The van der Waals surface area contributed by atoms with Gasteiger partial charge < -0.3 is 14.5 Å². The first-order valence-electron chi connectivity index (χ1n) is 8.10. The second-order valence-electron chi connectivity index (χ2n) is 5.77. The Morgan fingerprint density at radius 2 is 1.69 bits per heavy atom. The minimum absolute atomic E-state index is 0.130. The van der Waals surface area contributed by atoms with Crippen molar-refractivity contribution in [1.29, 1.82) is 0 Å². The Kier molecular flexibility index (Phi) is 5.91. The first-order valence-corrected chi connectivity index (χ1v) is 9.08. The van der Waals surface area contributed by atoms with Crippen LogP contribution in [0, 0.1) is 13.8 Å². The molecule has 0 saturated heterocycles. The Morgan fingerprint density at radius 1 is 1.04 bits per heavy atom. The van der Waals surface area contributed by atoms with Gasteiger partial charge in [0.05, 0.1) is 5.75 Å². The van der Waals surface area contributed by atoms with E-state index in [-0.39, 0.29) is 18.3 Å². The second kappa shape index (κ2) is 8.53. The fourth-order valence-corrected chi connectivity index (χ4v) is 2.68. The molecule has 1 amide bonds. The molecule has 0 radical (unpaired) electrons. The summed E-state index contributed by atoms with van der Waals surface area (Å²) in [5.74, 6) is 1.16. The number of carbonyl (C=O) groups excluding carboxylic acids is 1. The molecule has 3 aromatic rings. The van der Waals surface area contributed by atoms with Crippen LogP contribution in [0.15, 0.2) is 58.2 Å². The van der Waals surface area contributed by atoms with E-state index in [1.807, 2.05) is 62.4 Å². The number of aromatic nitrogens is 2. The fourth-order valence-electron chi connectivity index (χ4n) is 2.10. The van der Waals surface area contributed by atoms with Gasteiger partial charge in [0, 0.05) is 5.69 Å². The summed E-state index contributed by atoms with van der Waals surface area (Å²) < 4.78 is 11.1. The number of benzene rings is 2. The standard InChI is InChI=1S/C19H19N3O3S/c1-13-3-7-15(8-4-13)20-17(23)12-26-19-22-21-18(25-19)11-24-16-9-5-14(2)6-10-16/h3-10H,11-12H2,1-2H3,(H,20,23). The molecule has 0 bridgehead atoms. The van der Waals surface area contributed by atoms with Crippen molar-refractivity contribution in [3.05, 3.63) is 65.5 Å². The average molecular weight is 369 g/mol. The minimum Gasteiger partial charge on any atom is -0.484 e. The van der Waals surface area contributed by atoms with Crippen molar-refractivity contribution in [2.24, 2.45) is 0 Å². The monoisotopic (exact) mass is 369 g/mol. The number of hydrogen-bond acceptors (Lipinski definition) is 6. The van der Waals surface area contributed by atoms with Crippen LogP contribution >= 0.6 is 11.8 Å². The highest BCUT2D eigenvalue weighted by atomic mass is 32.2. The Hall–Kier alpha value is -2.80. The maximum Gasteiger partial charge on any atom is 0.277 e. The Morgan fingerprint density at radius 3 is 2.38 bits per heavy atom. The summed E-state index contributed by atoms with van der Waals surface area (Å²) in [4.78, 5) is 12.0. The van der Waals surface area contributed by atoms with Gasteiger partial charge in [0.15, 0.2) is 6.61 Å². The van der Waals surface area contributed by atoms with Crippen LogP contribution in [-0.2, 0) is 11.4 Å². The summed E-state index contributed by atoms with van der Waals surface area (Å²) in [5.41, 5.74) is 3.07. The zero-order valence-electron chi connectivity index (χ0n) is 14.6. The van der Waals surface area contributed by atoms with Gasteiger partial charge in [0.2, 0.25) is 5.91 Å². The summed E-state index contributed by atoms with van der Waals surface area (Å²) in [6.07, 6.45) is 0. The van der Waals surface area contributed by atoms with E-state index in [0.717, 1.165) is 22.6 Å². The molecule has 0 atom stereocenters. The van der Waals surface area contributed by atoms with Gasteiger partial charge >= 0.3 is 0 Å². The van der Waals surface area contributed by atoms with Crippen molar-refractivity contribution in [2.45, 2.75) is 25.7 Å². The number of nitrogens with one attached hydrogen (secondary N) is 1. The first-order chi connectivity index (χ1) is 12.6. The Labute approximate surface area is 156 Å². The third kappa shape index (κ3) is 5.35. The fraction of sp³-hybridized carbons (Fsp3) is 0.211. The number of anilines is 1. The van der Waals surface area contributed by atoms with Crippen molar-refractivity contribution < 1.29 is 13.9 Å². The van der Waals surface area contributed by atoms with E-state index in [9.17, 15) is 4.79 Å². The average Bonchev–Trinajstić information content (AvgIpc) is 3.09. The summed E-state index contributed by atoms with van der Waals surface area (Å²) in [6, 6.07) is 15.3. The van der Waals surface area contributed by atoms with Crippen LogP contribution in [0.3, 0.4) is 0 Å². The quantitative estimate of drug-likeness (QED) is 0.635. The largest absolute Gasteiger partial charge is 0.484 e. The maximum atomic E-state index is 12.0. The number of thioether (sulfide) groups is 1. The third-order valence-corrected chi connectivity index (χ3v) is 4.31. The molecule has 0 spiro atoms. The van der Waals surface area contributed by atoms with Gasteiger partial charge in [-0.1, -0.05) is 47.2 Å². The van der Waals surface area contributed by atoms with Crippen molar-refractivity contribution in [3.63, 3.8) is 0 Å². The molecule has 134 valence electrons. The van der Waals surface area contributed by atoms with E-state index < -0.39 is 0 Å². The Bertz CT molecular complexity index is 860. The molecule has 0 unspecified atom stereocenters. The highest BCUT2D eigenvalue weighted by Gasteiger charge is 2.10. The summed E-state index contributed by atoms with van der Waals surface area (Å²) in [5, 5.41) is 11.0. The molecule has 0 aliphatic carbocycles. The number of rotatable bonds is 7. The minimum atomic E-state index is -0.130. The Balaban J connectivity index is 1.45. The smallest absolute Gasteiger partial charge is 0.277 e. The molecule has 0 saturated carbocycles. The molecule has 0 aliphatic rings. The molecular formula is C19H19N3O3S. The van der Waals surface area contributed by atoms with E-state index in [4.69, 9.17) is 9.15 Å². The van der Waals surface area contributed by atoms with Gasteiger partial charge in [-0.2, -0.15) is 0 Å². The second-order valence-corrected chi connectivity index (χ2v) is 6.69. The number of hydrogen-bond donors (Lipinski definition) is 1. The molecular weight excluding hydrogens is 350 g/mol. The summed E-state index contributed by atoms with van der Waals surface area (Å²) in [7, 11) is 0. The van der Waals surface area contributed by atoms with E-state index >= 15 is 0 Å². The number of carbonyl (C=O) groups is 1. The van der Waals surface area contributed by atoms with Crippen LogP contribution < -0.4 is 10.1 Å². The molecule has 0 aliphatic heterocycles. The van der Waals surface area contributed by atoms with E-state index in [1.54, 1.807) is 0 Å². The van der Waals surface area contributed by atoms with Crippen LogP contribution in [0.4, 0.5) is 5.69 Å². The SMILES string of the molecule is Cc1ccc(NC(=O)CSc2nnc(COc3ccc(C)cc3)o2)cc1. The van der Waals surface area contributed by atoms with Crippen LogP contribution in [0.1, 0.15) is 17.0 Å². The third-order valence-electron chi connectivity index (χ3n) is 3.49. The molecule has 7 heteroatoms. The van der Waals surface area contributed by atoms with Crippen LogP contribution in [0.25, 0.3) is 0 Å². The lowest BCUT2D eigenvalue weighted by atomic mass is 10.2. The van der Waals surface area contributed by atoms with Crippen molar-refractivity contribution in [3.8, 4) is 5.75 Å². The van der Waals surface area contributed by atoms with Gasteiger partial charge in [0.25, 0.3) is 11.1 Å². The molecule has 1 N–H and O–H groups in total. The number of amides is 1. The molecule has 1 heterocycles. The molecule has 3 rings (SSSR count). The van der Waals surface area contributed by atoms with E-state index in [1.165, 1.54) is 11.8 Å². The molecule has 1 aromatic heterocycles. The number of ether oxygens (including phenoxy) is 1. The molecule has 2 aromatic carbocycles. The molecule has 26 heavy (non-hydrogen) atoms. The number of nitrogens with zero attached hydrogens (tertiary/aromatic N) is 2. The summed E-state index contributed by atoms with van der Waals surface area (Å²) >= 11 is 1.19. The lowest BCUT2D eigenvalue weighted by molar-refractivity contribution is -0.113. The zero-order chi connectivity index (χ0) is 18.4. The summed E-state index contributed by atoms with van der Waals surface area (Å²) in [6.45, 7) is 4.20. The highest BCUT2D eigenvalue weighted by molar-refractivity contribution is 7.99. The van der Waals surface area contributed by atoms with Crippen molar-refractivity contribution >= 4 is 23.4 Å². The van der Waals surface area contributed by atoms with Gasteiger partial charge in [-0.15, -0.1) is 10.2 Å². The van der Waals surface area contributed by atoms with E-state index in [0.29, 0.717) is 11.1 Å². The van der Waals surface area contributed by atoms with Gasteiger partial charge in [-0.05, 0) is 38.1 Å². The molecule has 0 fully saturated rings. The van der Waals surface area contributed by atoms with Gasteiger partial charge in [0.1, 0.15) is 5.75 Å². The topological polar surface area (TPSA) is 77.2 Å². The maximum absolute atomic E-state index is 12.0. The van der Waals surface area contributed by atoms with Gasteiger partial charge in [-0.25, -0.2) is 0 Å². The predicted molar refractivity (Wildman–Crippen MR) is 100 cm³/mol.